The number of hydrogen-bond acceptors (Lipinski definition) is 7. The van der Waals surface area contributed by atoms with Crippen molar-refractivity contribution in [3.8, 4) is 0 Å². The van der Waals surface area contributed by atoms with Gasteiger partial charge in [0.25, 0.3) is 0 Å². The molecule has 0 radical (unpaired) electrons. The number of Topliss-reactive ketones (excluding diaryl/α,β-unsaturated/α-hetero) is 1. The van der Waals surface area contributed by atoms with Gasteiger partial charge in [-0.2, -0.15) is 18.1 Å². The summed E-state index contributed by atoms with van der Waals surface area (Å²) in [5.74, 6) is 1.41. The standard InChI is InChI=1S/C25H37Cl2N3O2S2.O.Tc/c1-2-23(31)25-19(17-4-6-20(26)21(27)14-17)15-18-5-7-22(25)30(18)10-3-9-29(11-13-34)16-24(32)28-8-12-33;;/h4,6,14,18-19,22,25H,2-3,5,7-13,15-16H2,1H3,(H3,28,32,33,34);;/q;;+3/p-3/t18-,19-,22+,25-;;/m0../s1/i;;1+1. The number of benzene rings is 1. The van der Waals surface area contributed by atoms with Crippen LogP contribution >= 0.6 is 23.2 Å². The number of ketones is 1. The topological polar surface area (TPSA) is 71.8 Å². The van der Waals surface area contributed by atoms with Crippen molar-refractivity contribution in [1.29, 1.82) is 0 Å². The van der Waals surface area contributed by atoms with Crippen molar-refractivity contribution in [3.05, 3.63) is 39.1 Å². The van der Waals surface area contributed by atoms with Crippen LogP contribution in [0, 0.1) is 5.92 Å². The van der Waals surface area contributed by atoms with E-state index in [1.807, 2.05) is 25.1 Å². The van der Waals surface area contributed by atoms with Gasteiger partial charge in [0.15, 0.2) is 0 Å². The van der Waals surface area contributed by atoms with Gasteiger partial charge in [0, 0.05) is 31.0 Å². The van der Waals surface area contributed by atoms with Crippen LogP contribution in [0.2, 0.25) is 10.0 Å². The molecule has 2 aliphatic heterocycles. The molecule has 1 aromatic carbocycles. The molecule has 4 atom stereocenters. The third kappa shape index (κ3) is 8.77. The summed E-state index contributed by atoms with van der Waals surface area (Å²) in [6, 6.07) is 6.53. The van der Waals surface area contributed by atoms with Gasteiger partial charge in [0.2, 0.25) is 0 Å². The molecule has 11 heteroatoms. The van der Waals surface area contributed by atoms with Crippen molar-refractivity contribution in [2.45, 2.75) is 57.0 Å². The number of nitrogens with zero attached hydrogens (tertiary/aromatic N) is 3. The van der Waals surface area contributed by atoms with E-state index in [0.29, 0.717) is 59.4 Å². The summed E-state index contributed by atoms with van der Waals surface area (Å²) in [5, 5.41) is 5.09. The molecular formula is C25H34Cl2N3O3S2Tc. The molecule has 2 fully saturated rings. The van der Waals surface area contributed by atoms with Gasteiger partial charge in [-0.25, -0.2) is 0 Å². The Kier molecular flexibility index (Phi) is 15.1. The van der Waals surface area contributed by atoms with Crippen molar-refractivity contribution < 1.29 is 31.9 Å². The van der Waals surface area contributed by atoms with Gasteiger partial charge in [-0.05, 0) is 68.9 Å². The van der Waals surface area contributed by atoms with Crippen LogP contribution in [-0.2, 0) is 57.2 Å². The SMILES string of the molecule is CCC(=O)[C@@H]1[C@H]2CC[C@@H](C[C@H]1c1ccc(Cl)c(Cl)c1)N2CCCN(CC[S-])CC(=O)[N-]CC[S-].[O]=[99Tc+3]. The molecule has 0 N–H and O–H groups in total. The van der Waals surface area contributed by atoms with E-state index in [0.717, 1.165) is 63.2 Å². The summed E-state index contributed by atoms with van der Waals surface area (Å²) in [6.07, 6.45) is 4.60. The minimum absolute atomic E-state index is 0.0245. The second-order valence-electron chi connectivity index (χ2n) is 9.21. The third-order valence-corrected chi connectivity index (χ3v) is 8.30. The van der Waals surface area contributed by atoms with Crippen LogP contribution in [0.1, 0.15) is 50.5 Å². The van der Waals surface area contributed by atoms with Crippen molar-refractivity contribution in [2.75, 3.05) is 44.2 Å². The van der Waals surface area contributed by atoms with E-state index in [9.17, 15) is 9.59 Å². The van der Waals surface area contributed by atoms with Gasteiger partial charge < -0.3 is 35.4 Å². The second kappa shape index (κ2) is 16.9. The van der Waals surface area contributed by atoms with E-state index in [2.05, 4.69) is 15.1 Å². The quantitative estimate of drug-likeness (QED) is 0.290. The molecule has 6 nitrogen and oxygen atoms in total. The first-order valence-electron chi connectivity index (χ1n) is 12.4. The summed E-state index contributed by atoms with van der Waals surface area (Å²) in [7, 11) is 0. The summed E-state index contributed by atoms with van der Waals surface area (Å²) in [6.45, 7) is 5.08. The molecule has 0 unspecified atom stereocenters. The summed E-state index contributed by atoms with van der Waals surface area (Å²) < 4.78 is 8.22. The van der Waals surface area contributed by atoms with Gasteiger partial charge in [0.05, 0.1) is 16.0 Å². The van der Waals surface area contributed by atoms with Crippen LogP contribution in [0.5, 0.6) is 0 Å². The third-order valence-electron chi connectivity index (χ3n) is 7.19. The minimum atomic E-state index is -0.121. The van der Waals surface area contributed by atoms with Crippen LogP contribution in [0.4, 0.5) is 0 Å². The Morgan fingerprint density at radius 2 is 1.89 bits per heavy atom. The van der Waals surface area contributed by atoms with Gasteiger partial charge in [0.1, 0.15) is 5.78 Å². The molecule has 2 saturated heterocycles. The molecule has 3 rings (SSSR count). The van der Waals surface area contributed by atoms with Gasteiger partial charge >= 0.3 is 22.4 Å². The van der Waals surface area contributed by atoms with Crippen LogP contribution in [0.25, 0.3) is 5.32 Å². The van der Waals surface area contributed by atoms with Crippen molar-refractivity contribution in [3.63, 3.8) is 0 Å². The Labute approximate surface area is 246 Å². The Morgan fingerprint density at radius 1 is 1.14 bits per heavy atom. The number of amides is 1. The van der Waals surface area contributed by atoms with Crippen LogP contribution < -0.4 is 0 Å². The maximum atomic E-state index is 13.1. The van der Waals surface area contributed by atoms with Gasteiger partial charge in [-0.1, -0.05) is 36.2 Å². The van der Waals surface area contributed by atoms with E-state index in [4.69, 9.17) is 52.0 Å². The Hall–Kier alpha value is 0.00935. The zero-order valence-electron chi connectivity index (χ0n) is 20.5. The fourth-order valence-corrected chi connectivity index (χ4v) is 6.37. The molecule has 0 spiro atoms. The first-order chi connectivity index (χ1) is 17.4. The molecule has 0 aliphatic carbocycles. The average molecular weight is 659 g/mol. The second-order valence-corrected chi connectivity index (χ2v) is 10.8. The fourth-order valence-electron chi connectivity index (χ4n) is 5.71. The van der Waals surface area contributed by atoms with E-state index < -0.39 is 0 Å². The molecule has 2 heterocycles. The van der Waals surface area contributed by atoms with Crippen LogP contribution in [0.3, 0.4) is 0 Å². The van der Waals surface area contributed by atoms with Gasteiger partial charge in [-0.15, -0.1) is 0 Å². The fraction of sp³-hybridized carbons (Fsp3) is 0.680. The monoisotopic (exact) mass is 657 g/mol. The number of carbonyl (C=O) groups excluding carboxylic acids is 2. The molecule has 2 aliphatic rings. The first kappa shape index (κ1) is 32.2. The van der Waals surface area contributed by atoms with Crippen LogP contribution in [-0.4, -0.2) is 77.8 Å². The number of halogens is 2. The van der Waals surface area contributed by atoms with Crippen molar-refractivity contribution >= 4 is 60.1 Å². The van der Waals surface area contributed by atoms with E-state index in [1.165, 1.54) is 0 Å². The predicted octanol–water partition coefficient (Wildman–Crippen LogP) is 4.47. The molecule has 36 heavy (non-hydrogen) atoms. The molecule has 0 aromatic heterocycles. The number of piperidine rings is 1. The van der Waals surface area contributed by atoms with E-state index in [1.54, 1.807) is 0 Å². The summed E-state index contributed by atoms with van der Waals surface area (Å²) in [4.78, 5) is 29.9. The zero-order chi connectivity index (χ0) is 26.7. The molecule has 1 aromatic rings. The van der Waals surface area contributed by atoms with Gasteiger partial charge in [-0.3, -0.25) is 14.6 Å². The predicted molar refractivity (Wildman–Crippen MR) is 146 cm³/mol. The molecule has 1 amide bonds. The Morgan fingerprint density at radius 3 is 2.53 bits per heavy atom. The summed E-state index contributed by atoms with van der Waals surface area (Å²) in [5.41, 5.74) is 1.12. The van der Waals surface area contributed by atoms with Crippen molar-refractivity contribution in [1.82, 2.24) is 9.80 Å². The van der Waals surface area contributed by atoms with Crippen molar-refractivity contribution in [2.24, 2.45) is 5.92 Å². The molecule has 0 saturated carbocycles. The summed E-state index contributed by atoms with van der Waals surface area (Å²) >= 11 is 23.4. The van der Waals surface area contributed by atoms with Crippen LogP contribution in [0.15, 0.2) is 18.2 Å². The average Bonchev–Trinajstić information content (AvgIpc) is 3.15. The van der Waals surface area contributed by atoms with E-state index in [-0.39, 0.29) is 23.8 Å². The molecular weight excluding hydrogens is 624 g/mol. The zero-order valence-corrected chi connectivity index (χ0v) is 25.5. The normalized spacial score (nSPS) is 23.2. The molecule has 200 valence electrons. The Balaban J connectivity index is 0.00000222. The number of carbonyl (C=O) groups is 2. The molecule has 2 bridgehead atoms. The Bertz CT molecular complexity index is 870. The number of fused-ring (bicyclic) bond motifs is 2. The number of hydrogen-bond donors (Lipinski definition) is 0. The van der Waals surface area contributed by atoms with E-state index >= 15 is 0 Å². The maximum absolute atomic E-state index is 13.1. The number of rotatable bonds is 13. The first-order valence-corrected chi connectivity index (χ1v) is 15.0.